The lowest BCUT2D eigenvalue weighted by Crippen LogP contribution is -2.66. The molecule has 0 aromatic heterocycles. The van der Waals surface area contributed by atoms with Gasteiger partial charge in [0.25, 0.3) is 0 Å². The fraction of sp³-hybridized carbons (Fsp3) is 0. The Balaban J connectivity index is 3.33. The molecular weight excluding hydrogens is 80.0 g/mol. The summed E-state index contributed by atoms with van der Waals surface area (Å²) in [4.78, 5) is 9.77. The fourth-order valence-corrected chi connectivity index (χ4v) is 0.0510. The number of carbonyl (C=O) groups is 1. The van der Waals surface area contributed by atoms with Gasteiger partial charge in [0, 0.05) is 0 Å². The first-order valence-electron chi connectivity index (χ1n) is 1.35. The molecule has 0 aliphatic rings. The number of hydrogen-bond donors (Lipinski definition) is 2. The van der Waals surface area contributed by atoms with Gasteiger partial charge in [-0.25, -0.2) is 0 Å². The minimum Gasteiger partial charge on any atom is -0.254 e. The van der Waals surface area contributed by atoms with Crippen LogP contribution in [-0.4, -0.2) is 5.91 Å². The normalized spacial score (nSPS) is 6.00. The van der Waals surface area contributed by atoms with Crippen LogP contribution in [0.4, 0.5) is 0 Å². The van der Waals surface area contributed by atoms with Crippen LogP contribution in [0.5, 0.6) is 0 Å². The summed E-state index contributed by atoms with van der Waals surface area (Å²) in [5, 5.41) is 0. The second kappa shape index (κ2) is 2.24. The van der Waals surface area contributed by atoms with Crippen molar-refractivity contribution < 1.29 is 10.6 Å². The molecule has 0 bridgehead atoms. The molecule has 0 spiro atoms. The van der Waals surface area contributed by atoms with E-state index in [1.807, 2.05) is 5.43 Å². The van der Waals surface area contributed by atoms with Crippen molar-refractivity contribution in [2.75, 3.05) is 0 Å². The Kier molecular flexibility index (Phi) is 1.86. The van der Waals surface area contributed by atoms with Gasteiger partial charge in [-0.1, -0.05) is 0 Å². The van der Waals surface area contributed by atoms with E-state index in [1.165, 1.54) is 0 Å². The molecule has 0 fully saturated rings. The first-order chi connectivity index (χ1) is 2.81. The molecule has 3 heteroatoms. The number of quaternary nitrogens is 1. The quantitative estimate of drug-likeness (QED) is 0.257. The van der Waals surface area contributed by atoms with Crippen LogP contribution >= 0.6 is 0 Å². The lowest BCUT2D eigenvalue weighted by atomic mass is 10.7. The zero-order chi connectivity index (χ0) is 4.99. The van der Waals surface area contributed by atoms with Gasteiger partial charge in [0.05, 0.1) is 0 Å². The number of amides is 1. The molecule has 1 amide bonds. The van der Waals surface area contributed by atoms with Gasteiger partial charge in [-0.2, -0.15) is 5.43 Å². The highest BCUT2D eigenvalue weighted by Crippen LogP contribution is 1.43. The van der Waals surface area contributed by atoms with Crippen molar-refractivity contribution in [3.63, 3.8) is 0 Å². The highest BCUT2D eigenvalue weighted by atomic mass is 16.2. The van der Waals surface area contributed by atoms with E-state index < -0.39 is 5.91 Å². The van der Waals surface area contributed by atoms with Crippen molar-refractivity contribution in [2.45, 2.75) is 0 Å². The largest absolute Gasteiger partial charge is 0.339 e. The predicted octanol–water partition coefficient (Wildman–Crippen LogP) is -2.11. The monoisotopic (exact) mass is 85.0 g/mol. The maximum Gasteiger partial charge on any atom is 0.339 e. The maximum atomic E-state index is 9.77. The Hall–Kier alpha value is -1.01. The second-order valence-corrected chi connectivity index (χ2v) is 0.650. The van der Waals surface area contributed by atoms with E-state index in [2.05, 4.69) is 12.3 Å². The third kappa shape index (κ3) is 1.32. The molecule has 0 atom stereocenters. The summed E-state index contributed by atoms with van der Waals surface area (Å²) >= 11 is 0. The molecule has 6 heavy (non-hydrogen) atoms. The van der Waals surface area contributed by atoms with Crippen LogP contribution in [0.2, 0.25) is 0 Å². The molecule has 0 heterocycles. The summed E-state index contributed by atoms with van der Waals surface area (Å²) in [6, 6.07) is 0. The van der Waals surface area contributed by atoms with Crippen LogP contribution in [0.3, 0.4) is 0 Å². The van der Waals surface area contributed by atoms with Gasteiger partial charge < -0.3 is 0 Å². The topological polar surface area (TPSA) is 56.7 Å². The van der Waals surface area contributed by atoms with E-state index in [-0.39, 0.29) is 0 Å². The Morgan fingerprint density at radius 2 is 2.50 bits per heavy atom. The molecule has 0 unspecified atom stereocenters. The molecule has 0 radical (unpaired) electrons. The van der Waals surface area contributed by atoms with E-state index in [4.69, 9.17) is 0 Å². The van der Waals surface area contributed by atoms with Crippen molar-refractivity contribution in [1.82, 2.24) is 5.43 Å². The number of rotatable bonds is 0. The van der Waals surface area contributed by atoms with Gasteiger partial charge in [0.15, 0.2) is 0 Å². The van der Waals surface area contributed by atoms with Gasteiger partial charge >= 0.3 is 5.91 Å². The molecule has 32 valence electrons. The van der Waals surface area contributed by atoms with Gasteiger partial charge in [-0.15, -0.1) is 6.42 Å². The van der Waals surface area contributed by atoms with Crippen LogP contribution in [0.15, 0.2) is 0 Å². The molecular formula is C3H5N2O+. The van der Waals surface area contributed by atoms with Crippen molar-refractivity contribution >= 4 is 5.91 Å². The standard InChI is InChI=1S/C3H4N2O/c1-2-3(6)5-4/h1H,4H2,(H,5,6)/p+1. The molecule has 0 aromatic rings. The third-order valence-electron chi connectivity index (χ3n) is 0.292. The van der Waals surface area contributed by atoms with Crippen molar-refractivity contribution in [3.8, 4) is 12.3 Å². The number of nitrogens with one attached hydrogen (secondary N) is 1. The summed E-state index contributed by atoms with van der Waals surface area (Å²) in [6.45, 7) is 0. The van der Waals surface area contributed by atoms with E-state index in [0.29, 0.717) is 0 Å². The van der Waals surface area contributed by atoms with Crippen molar-refractivity contribution in [1.29, 1.82) is 0 Å². The molecule has 0 aliphatic heterocycles. The fourth-order valence-electron chi connectivity index (χ4n) is 0.0510. The first-order valence-corrected chi connectivity index (χ1v) is 1.35. The number of terminal acetylenes is 1. The Labute approximate surface area is 35.5 Å². The molecule has 0 saturated heterocycles. The Morgan fingerprint density at radius 3 is 2.50 bits per heavy atom. The van der Waals surface area contributed by atoms with E-state index >= 15 is 0 Å². The molecule has 0 aromatic carbocycles. The lowest BCUT2D eigenvalue weighted by molar-refractivity contribution is -0.426. The van der Waals surface area contributed by atoms with Crippen LogP contribution in [0, 0.1) is 12.3 Å². The lowest BCUT2D eigenvalue weighted by Gasteiger charge is -1.76. The molecule has 0 aliphatic carbocycles. The summed E-state index contributed by atoms with van der Waals surface area (Å²) in [6.07, 6.45) is 4.58. The van der Waals surface area contributed by atoms with Gasteiger partial charge in [-0.3, -0.25) is 10.6 Å². The second-order valence-electron chi connectivity index (χ2n) is 0.650. The van der Waals surface area contributed by atoms with E-state index in [1.54, 1.807) is 5.92 Å². The highest BCUT2D eigenvalue weighted by molar-refractivity contribution is 5.91. The van der Waals surface area contributed by atoms with E-state index in [0.717, 1.165) is 0 Å². The Bertz CT molecular complexity index is 91.5. The third-order valence-corrected chi connectivity index (χ3v) is 0.292. The SMILES string of the molecule is C#CC(=O)N[NH3+]. The van der Waals surface area contributed by atoms with Gasteiger partial charge in [0.2, 0.25) is 0 Å². The summed E-state index contributed by atoms with van der Waals surface area (Å²) in [5.41, 5.74) is 1.99. The number of hydrogen-bond acceptors (Lipinski definition) is 1. The highest BCUT2D eigenvalue weighted by Gasteiger charge is 1.83. The number of carbonyl (C=O) groups excluding carboxylic acids is 1. The van der Waals surface area contributed by atoms with Crippen LogP contribution in [0.1, 0.15) is 0 Å². The predicted molar refractivity (Wildman–Crippen MR) is 19.9 cm³/mol. The zero-order valence-electron chi connectivity index (χ0n) is 3.19. The Morgan fingerprint density at radius 1 is 2.00 bits per heavy atom. The minimum atomic E-state index is -0.491. The van der Waals surface area contributed by atoms with E-state index in [9.17, 15) is 4.79 Å². The average Bonchev–Trinajstić information content (AvgIpc) is 1.65. The van der Waals surface area contributed by atoms with Crippen LogP contribution in [0.25, 0.3) is 0 Å². The molecule has 4 N–H and O–H groups in total. The summed E-state index contributed by atoms with van der Waals surface area (Å²) in [5.74, 6) is 4.33. The molecule has 0 saturated carbocycles. The first kappa shape index (κ1) is 4.99. The minimum absolute atomic E-state index is 0.491. The van der Waals surface area contributed by atoms with Gasteiger partial charge in [-0.05, 0) is 5.92 Å². The van der Waals surface area contributed by atoms with Crippen LogP contribution in [-0.2, 0) is 4.79 Å². The van der Waals surface area contributed by atoms with Crippen molar-refractivity contribution in [3.05, 3.63) is 0 Å². The summed E-state index contributed by atoms with van der Waals surface area (Å²) in [7, 11) is 0. The molecule has 3 nitrogen and oxygen atoms in total. The average molecular weight is 85.1 g/mol. The molecule has 0 rings (SSSR count). The smallest absolute Gasteiger partial charge is 0.254 e. The summed E-state index contributed by atoms with van der Waals surface area (Å²) < 4.78 is 0. The maximum absolute atomic E-state index is 9.77. The van der Waals surface area contributed by atoms with Gasteiger partial charge in [0.1, 0.15) is 0 Å². The van der Waals surface area contributed by atoms with Crippen LogP contribution < -0.4 is 11.3 Å². The van der Waals surface area contributed by atoms with Crippen molar-refractivity contribution in [2.24, 2.45) is 0 Å². The zero-order valence-corrected chi connectivity index (χ0v) is 3.19.